The predicted octanol–water partition coefficient (Wildman–Crippen LogP) is 2.43. The Bertz CT molecular complexity index is 322. The average molecular weight is 284 g/mol. The molecule has 1 fully saturated rings. The van der Waals surface area contributed by atoms with E-state index in [2.05, 4.69) is 31.0 Å². The van der Waals surface area contributed by atoms with Gasteiger partial charge >= 0.3 is 5.97 Å². The van der Waals surface area contributed by atoms with E-state index in [1.807, 2.05) is 20.9 Å². The van der Waals surface area contributed by atoms with E-state index in [-0.39, 0.29) is 5.97 Å². The number of hydrogen-bond acceptors (Lipinski definition) is 4. The van der Waals surface area contributed by atoms with Gasteiger partial charge in [-0.15, -0.1) is 0 Å². The smallest absolute Gasteiger partial charge is 0.326 e. The number of ether oxygens (including phenoxy) is 1. The second kappa shape index (κ2) is 7.41. The largest absolute Gasteiger partial charge is 0.465 e. The number of likely N-dealkylation sites (N-methyl/N-ethyl adjacent to an activating group) is 1. The maximum Gasteiger partial charge on any atom is 0.326 e. The molecule has 0 bridgehead atoms. The molecule has 1 rings (SSSR count). The second-order valence-electron chi connectivity index (χ2n) is 6.45. The standard InChI is InChI=1S/C16H32N2O2/c1-7-20-15(19)16(5,17-6)11-13(3)18-10-8-9-12(2)14(18)4/h12-14,17H,7-11H2,1-6H3. The molecule has 1 aliphatic rings. The summed E-state index contributed by atoms with van der Waals surface area (Å²) in [4.78, 5) is 14.7. The van der Waals surface area contributed by atoms with Crippen molar-refractivity contribution in [2.75, 3.05) is 20.2 Å². The molecule has 0 aromatic heterocycles. The van der Waals surface area contributed by atoms with Crippen LogP contribution >= 0.6 is 0 Å². The van der Waals surface area contributed by atoms with Crippen LogP contribution in [0.15, 0.2) is 0 Å². The molecule has 0 spiro atoms. The van der Waals surface area contributed by atoms with E-state index in [1.54, 1.807) is 0 Å². The Morgan fingerprint density at radius 1 is 1.50 bits per heavy atom. The molecule has 1 saturated heterocycles. The Morgan fingerprint density at radius 3 is 2.70 bits per heavy atom. The highest BCUT2D eigenvalue weighted by Gasteiger charge is 2.38. The topological polar surface area (TPSA) is 41.6 Å². The lowest BCUT2D eigenvalue weighted by Gasteiger charge is -2.44. The average Bonchev–Trinajstić information content (AvgIpc) is 2.41. The van der Waals surface area contributed by atoms with Gasteiger partial charge in [0.1, 0.15) is 5.54 Å². The van der Waals surface area contributed by atoms with Crippen molar-refractivity contribution in [1.29, 1.82) is 0 Å². The normalized spacial score (nSPS) is 28.7. The minimum absolute atomic E-state index is 0.146. The van der Waals surface area contributed by atoms with Crippen molar-refractivity contribution < 1.29 is 9.53 Å². The van der Waals surface area contributed by atoms with Gasteiger partial charge in [0.15, 0.2) is 0 Å². The maximum absolute atomic E-state index is 12.2. The molecular weight excluding hydrogens is 252 g/mol. The highest BCUT2D eigenvalue weighted by atomic mass is 16.5. The van der Waals surface area contributed by atoms with Crippen LogP contribution in [0, 0.1) is 5.92 Å². The molecule has 0 amide bonds. The summed E-state index contributed by atoms with van der Waals surface area (Å²) < 4.78 is 5.21. The van der Waals surface area contributed by atoms with Crippen LogP contribution in [0.2, 0.25) is 0 Å². The highest BCUT2D eigenvalue weighted by Crippen LogP contribution is 2.28. The van der Waals surface area contributed by atoms with E-state index in [9.17, 15) is 4.79 Å². The number of nitrogens with one attached hydrogen (secondary N) is 1. The van der Waals surface area contributed by atoms with Gasteiger partial charge in [0, 0.05) is 12.1 Å². The molecular formula is C16H32N2O2. The lowest BCUT2D eigenvalue weighted by atomic mass is 9.87. The van der Waals surface area contributed by atoms with Gasteiger partial charge in [-0.05, 0) is 66.5 Å². The van der Waals surface area contributed by atoms with Gasteiger partial charge in [0.05, 0.1) is 6.61 Å². The summed E-state index contributed by atoms with van der Waals surface area (Å²) in [6.45, 7) is 12.2. The fourth-order valence-corrected chi connectivity index (χ4v) is 3.28. The summed E-state index contributed by atoms with van der Waals surface area (Å²) in [5.74, 6) is 0.585. The summed E-state index contributed by atoms with van der Waals surface area (Å²) >= 11 is 0. The highest BCUT2D eigenvalue weighted by molar-refractivity contribution is 5.80. The van der Waals surface area contributed by atoms with Crippen molar-refractivity contribution in [1.82, 2.24) is 10.2 Å². The van der Waals surface area contributed by atoms with Crippen LogP contribution in [0.3, 0.4) is 0 Å². The van der Waals surface area contributed by atoms with Crippen LogP contribution in [0.4, 0.5) is 0 Å². The van der Waals surface area contributed by atoms with E-state index >= 15 is 0 Å². The zero-order chi connectivity index (χ0) is 15.3. The van der Waals surface area contributed by atoms with Crippen molar-refractivity contribution in [2.24, 2.45) is 5.92 Å². The van der Waals surface area contributed by atoms with Crippen LogP contribution in [0.25, 0.3) is 0 Å². The van der Waals surface area contributed by atoms with Gasteiger partial charge in [-0.3, -0.25) is 9.69 Å². The first-order chi connectivity index (χ1) is 9.35. The number of carbonyl (C=O) groups excluding carboxylic acids is 1. The molecule has 1 aliphatic heterocycles. The lowest BCUT2D eigenvalue weighted by molar-refractivity contribution is -0.151. The molecule has 0 radical (unpaired) electrons. The van der Waals surface area contributed by atoms with E-state index in [1.165, 1.54) is 12.8 Å². The quantitative estimate of drug-likeness (QED) is 0.761. The van der Waals surface area contributed by atoms with Gasteiger partial charge in [0.25, 0.3) is 0 Å². The van der Waals surface area contributed by atoms with Crippen molar-refractivity contribution in [2.45, 2.75) is 71.5 Å². The molecule has 0 aliphatic carbocycles. The molecule has 0 saturated carbocycles. The summed E-state index contributed by atoms with van der Waals surface area (Å²) in [5, 5.41) is 3.16. The number of hydrogen-bond donors (Lipinski definition) is 1. The molecule has 4 heteroatoms. The molecule has 0 aromatic rings. The third-order valence-corrected chi connectivity index (χ3v) is 4.97. The fourth-order valence-electron chi connectivity index (χ4n) is 3.28. The molecule has 4 nitrogen and oxygen atoms in total. The van der Waals surface area contributed by atoms with Gasteiger partial charge in [-0.1, -0.05) is 6.92 Å². The fraction of sp³-hybridized carbons (Fsp3) is 0.938. The summed E-state index contributed by atoms with van der Waals surface area (Å²) in [6, 6.07) is 0.955. The molecule has 118 valence electrons. The number of carbonyl (C=O) groups is 1. The minimum Gasteiger partial charge on any atom is -0.465 e. The lowest BCUT2D eigenvalue weighted by Crippen LogP contribution is -2.55. The Balaban J connectivity index is 2.71. The molecule has 1 heterocycles. The van der Waals surface area contributed by atoms with Crippen LogP contribution in [0.1, 0.15) is 53.9 Å². The number of nitrogens with zero attached hydrogens (tertiary/aromatic N) is 1. The van der Waals surface area contributed by atoms with Gasteiger partial charge < -0.3 is 10.1 Å². The third kappa shape index (κ3) is 3.95. The summed E-state index contributed by atoms with van der Waals surface area (Å²) in [7, 11) is 1.84. The van der Waals surface area contributed by atoms with Crippen molar-refractivity contribution in [3.63, 3.8) is 0 Å². The Labute approximate surface area is 124 Å². The van der Waals surface area contributed by atoms with Crippen LogP contribution < -0.4 is 5.32 Å². The van der Waals surface area contributed by atoms with E-state index in [4.69, 9.17) is 4.74 Å². The Morgan fingerprint density at radius 2 is 2.15 bits per heavy atom. The van der Waals surface area contributed by atoms with Crippen LogP contribution in [-0.4, -0.2) is 48.7 Å². The van der Waals surface area contributed by atoms with Crippen LogP contribution in [0.5, 0.6) is 0 Å². The Hall–Kier alpha value is -0.610. The molecule has 20 heavy (non-hydrogen) atoms. The molecule has 4 unspecified atom stereocenters. The van der Waals surface area contributed by atoms with Crippen molar-refractivity contribution in [3.8, 4) is 0 Å². The molecule has 0 aromatic carbocycles. The number of piperidine rings is 1. The molecule has 4 atom stereocenters. The number of rotatable bonds is 6. The summed E-state index contributed by atoms with van der Waals surface area (Å²) in [5.41, 5.74) is -0.601. The minimum atomic E-state index is -0.601. The first-order valence-electron chi connectivity index (χ1n) is 7.97. The van der Waals surface area contributed by atoms with E-state index in [0.29, 0.717) is 18.7 Å². The first kappa shape index (κ1) is 17.4. The van der Waals surface area contributed by atoms with Crippen LogP contribution in [-0.2, 0) is 9.53 Å². The maximum atomic E-state index is 12.2. The second-order valence-corrected chi connectivity index (χ2v) is 6.45. The number of esters is 1. The zero-order valence-electron chi connectivity index (χ0n) is 14.0. The molecule has 1 N–H and O–H groups in total. The predicted molar refractivity (Wildman–Crippen MR) is 82.7 cm³/mol. The van der Waals surface area contributed by atoms with Crippen molar-refractivity contribution in [3.05, 3.63) is 0 Å². The summed E-state index contributed by atoms with van der Waals surface area (Å²) in [6.07, 6.45) is 3.34. The zero-order valence-corrected chi connectivity index (χ0v) is 14.0. The van der Waals surface area contributed by atoms with E-state index < -0.39 is 5.54 Å². The van der Waals surface area contributed by atoms with E-state index in [0.717, 1.165) is 18.9 Å². The number of likely N-dealkylation sites (tertiary alicyclic amines) is 1. The van der Waals surface area contributed by atoms with Gasteiger partial charge in [0.2, 0.25) is 0 Å². The van der Waals surface area contributed by atoms with Gasteiger partial charge in [-0.25, -0.2) is 0 Å². The third-order valence-electron chi connectivity index (χ3n) is 4.97. The van der Waals surface area contributed by atoms with Crippen molar-refractivity contribution >= 4 is 5.97 Å². The Kier molecular flexibility index (Phi) is 6.46. The first-order valence-corrected chi connectivity index (χ1v) is 7.97. The van der Waals surface area contributed by atoms with Gasteiger partial charge in [-0.2, -0.15) is 0 Å². The monoisotopic (exact) mass is 284 g/mol. The SMILES string of the molecule is CCOC(=O)C(C)(CC(C)N1CCCC(C)C1C)NC.